The Morgan fingerprint density at radius 1 is 0.636 bits per heavy atom. The molecule has 214 valence electrons. The number of pyridine rings is 1. The molecular formula is C38H22N3O2Pt-3. The van der Waals surface area contributed by atoms with Gasteiger partial charge in [-0.2, -0.15) is 6.07 Å². The summed E-state index contributed by atoms with van der Waals surface area (Å²) in [6.45, 7) is 2.09. The zero-order chi connectivity index (χ0) is 28.3. The van der Waals surface area contributed by atoms with Gasteiger partial charge in [-0.3, -0.25) is 0 Å². The summed E-state index contributed by atoms with van der Waals surface area (Å²) in [5.74, 6) is 1.21. The van der Waals surface area contributed by atoms with Crippen LogP contribution in [0.4, 0.5) is 22.7 Å². The van der Waals surface area contributed by atoms with Gasteiger partial charge in [-0.15, -0.1) is 53.5 Å². The van der Waals surface area contributed by atoms with E-state index in [-0.39, 0.29) is 21.1 Å². The Hall–Kier alpha value is -5.12. The number of furan rings is 1. The standard InChI is InChI=1S/C38H22N3O2.Pt/c1-2-9-26(10-3-1)40-24-41(34-15-6-5-14-33(34)40)27-11-8-12-28(21-27)42-29-19-17-25-18-20-31-37-30-13-4-7-16-35(30)43-36(37)23-39-38(31)32(25)22-29;/h1-20,23-24H;/q-3;. The van der Waals surface area contributed by atoms with Gasteiger partial charge in [0.05, 0.1) is 6.20 Å². The second kappa shape index (κ2) is 10.5. The largest absolute Gasteiger partial charge is 0.503 e. The summed E-state index contributed by atoms with van der Waals surface area (Å²) in [5, 5.41) is 5.12. The van der Waals surface area contributed by atoms with E-state index in [2.05, 4.69) is 83.2 Å². The molecule has 6 heteroatoms. The fourth-order valence-corrected chi connectivity index (χ4v) is 6.01. The predicted molar refractivity (Wildman–Crippen MR) is 172 cm³/mol. The average Bonchev–Trinajstić information content (AvgIpc) is 3.64. The van der Waals surface area contributed by atoms with Crippen LogP contribution in [0.1, 0.15) is 0 Å². The Morgan fingerprint density at radius 3 is 2.27 bits per heavy atom. The number of nitrogens with zero attached hydrogens (tertiary/aromatic N) is 3. The summed E-state index contributed by atoms with van der Waals surface area (Å²) in [5.41, 5.74) is 6.65. The SMILES string of the molecule is [Pt].[c-]1c(Oc2[c-]c3c(cc2)ccc2c3ncc3oc4ccccc4c32)cccc1N1[CH-]N(c2ccccc2)c2ccccc21. The van der Waals surface area contributed by atoms with Crippen molar-refractivity contribution in [2.24, 2.45) is 0 Å². The molecule has 0 amide bonds. The van der Waals surface area contributed by atoms with Crippen LogP contribution in [-0.2, 0) is 21.1 Å². The number of ether oxygens (including phenoxy) is 1. The first kappa shape index (κ1) is 26.5. The Labute approximate surface area is 268 Å². The molecule has 0 spiro atoms. The fraction of sp³-hybridized carbons (Fsp3) is 0. The number of para-hydroxylation sites is 4. The van der Waals surface area contributed by atoms with Gasteiger partial charge in [-0.25, -0.2) is 0 Å². The number of aromatic nitrogens is 1. The minimum absolute atomic E-state index is 0. The number of rotatable bonds is 4. The monoisotopic (exact) mass is 747 g/mol. The summed E-state index contributed by atoms with van der Waals surface area (Å²) in [7, 11) is 0. The van der Waals surface area contributed by atoms with E-state index in [1.165, 1.54) is 0 Å². The number of hydrogen-bond donors (Lipinski definition) is 0. The molecule has 0 saturated heterocycles. The third-order valence-electron chi connectivity index (χ3n) is 7.97. The van der Waals surface area contributed by atoms with Crippen LogP contribution >= 0.6 is 0 Å². The van der Waals surface area contributed by atoms with Crippen molar-refractivity contribution >= 4 is 66.4 Å². The van der Waals surface area contributed by atoms with Crippen LogP contribution < -0.4 is 14.5 Å². The zero-order valence-electron chi connectivity index (χ0n) is 23.2. The van der Waals surface area contributed by atoms with Crippen molar-refractivity contribution < 1.29 is 30.2 Å². The quantitative estimate of drug-likeness (QED) is 0.133. The number of benzene rings is 6. The molecule has 6 aromatic carbocycles. The van der Waals surface area contributed by atoms with Crippen LogP contribution in [0.15, 0.2) is 132 Å². The Bertz CT molecular complexity index is 2330. The fourth-order valence-electron chi connectivity index (χ4n) is 6.01. The molecule has 1 aliphatic heterocycles. The van der Waals surface area contributed by atoms with E-state index < -0.39 is 0 Å². The Balaban J connectivity index is 0.00000289. The van der Waals surface area contributed by atoms with Gasteiger partial charge in [-0.05, 0) is 41.2 Å². The molecular weight excluding hydrogens is 726 g/mol. The predicted octanol–water partition coefficient (Wildman–Crippen LogP) is 10.1. The summed E-state index contributed by atoms with van der Waals surface area (Å²) in [4.78, 5) is 9.12. The van der Waals surface area contributed by atoms with Crippen molar-refractivity contribution in [1.82, 2.24) is 4.98 Å². The average molecular weight is 748 g/mol. The van der Waals surface area contributed by atoms with Gasteiger partial charge in [-0.1, -0.05) is 66.7 Å². The van der Waals surface area contributed by atoms with Crippen molar-refractivity contribution in [3.63, 3.8) is 0 Å². The van der Waals surface area contributed by atoms with Crippen molar-refractivity contribution in [2.75, 3.05) is 9.80 Å². The first-order valence-electron chi connectivity index (χ1n) is 14.1. The Kier molecular flexibility index (Phi) is 6.35. The molecule has 0 N–H and O–H groups in total. The van der Waals surface area contributed by atoms with Gasteiger partial charge >= 0.3 is 0 Å². The van der Waals surface area contributed by atoms with Gasteiger partial charge in [0, 0.05) is 60.4 Å². The molecule has 5 nitrogen and oxygen atoms in total. The van der Waals surface area contributed by atoms with E-state index >= 15 is 0 Å². The van der Waals surface area contributed by atoms with Crippen LogP contribution in [0.2, 0.25) is 0 Å². The molecule has 1 aliphatic rings. The van der Waals surface area contributed by atoms with Crippen molar-refractivity contribution in [3.8, 4) is 11.5 Å². The van der Waals surface area contributed by atoms with Gasteiger partial charge in [0.15, 0.2) is 5.58 Å². The molecule has 0 unspecified atom stereocenters. The normalized spacial score (nSPS) is 12.6. The maximum Gasteiger partial charge on any atom is 0.152 e. The van der Waals surface area contributed by atoms with E-state index in [9.17, 15) is 0 Å². The molecule has 2 aromatic heterocycles. The molecule has 0 aliphatic carbocycles. The van der Waals surface area contributed by atoms with E-state index in [1.54, 1.807) is 6.20 Å². The molecule has 0 atom stereocenters. The summed E-state index contributed by atoms with van der Waals surface area (Å²) in [6, 6.07) is 47.9. The van der Waals surface area contributed by atoms with Crippen LogP contribution in [0.3, 0.4) is 0 Å². The minimum Gasteiger partial charge on any atom is -0.503 e. The maximum absolute atomic E-state index is 6.37. The Morgan fingerprint density at radius 2 is 1.39 bits per heavy atom. The van der Waals surface area contributed by atoms with E-state index in [1.807, 2.05) is 66.7 Å². The van der Waals surface area contributed by atoms with Crippen LogP contribution in [0.25, 0.3) is 43.6 Å². The summed E-state index contributed by atoms with van der Waals surface area (Å²) in [6.07, 6.45) is 1.80. The van der Waals surface area contributed by atoms with Gasteiger partial charge in [0.1, 0.15) is 5.58 Å². The van der Waals surface area contributed by atoms with Crippen molar-refractivity contribution in [2.45, 2.75) is 0 Å². The van der Waals surface area contributed by atoms with E-state index in [4.69, 9.17) is 14.1 Å². The summed E-state index contributed by atoms with van der Waals surface area (Å²) >= 11 is 0. The first-order chi connectivity index (χ1) is 21.3. The molecule has 0 bridgehead atoms. The van der Waals surface area contributed by atoms with E-state index in [0.29, 0.717) is 11.5 Å². The second-order valence-corrected chi connectivity index (χ2v) is 10.5. The maximum atomic E-state index is 6.37. The smallest absolute Gasteiger partial charge is 0.152 e. The molecule has 0 radical (unpaired) electrons. The third kappa shape index (κ3) is 4.23. The second-order valence-electron chi connectivity index (χ2n) is 10.5. The zero-order valence-corrected chi connectivity index (χ0v) is 25.4. The van der Waals surface area contributed by atoms with Gasteiger partial charge < -0.3 is 23.9 Å². The first-order valence-corrected chi connectivity index (χ1v) is 14.1. The van der Waals surface area contributed by atoms with Gasteiger partial charge in [0.25, 0.3) is 0 Å². The topological polar surface area (TPSA) is 41.7 Å². The molecule has 0 saturated carbocycles. The molecule has 44 heavy (non-hydrogen) atoms. The van der Waals surface area contributed by atoms with Gasteiger partial charge in [0.2, 0.25) is 0 Å². The molecule has 0 fully saturated rings. The molecule has 8 aromatic rings. The van der Waals surface area contributed by atoms with Crippen molar-refractivity contribution in [3.05, 3.63) is 146 Å². The minimum atomic E-state index is 0. The van der Waals surface area contributed by atoms with Crippen LogP contribution in [0.5, 0.6) is 11.5 Å². The van der Waals surface area contributed by atoms with Crippen molar-refractivity contribution in [1.29, 1.82) is 0 Å². The van der Waals surface area contributed by atoms with Crippen LogP contribution in [0, 0.1) is 18.8 Å². The molecule has 3 heterocycles. The third-order valence-corrected chi connectivity index (χ3v) is 7.97. The van der Waals surface area contributed by atoms with Crippen LogP contribution in [-0.4, -0.2) is 4.98 Å². The number of anilines is 4. The molecule has 9 rings (SSSR count). The number of hydrogen-bond acceptors (Lipinski definition) is 5. The number of fused-ring (bicyclic) bond motifs is 8. The summed E-state index contributed by atoms with van der Waals surface area (Å²) < 4.78 is 12.4. The van der Waals surface area contributed by atoms with E-state index in [0.717, 1.165) is 66.4 Å².